The van der Waals surface area contributed by atoms with Gasteiger partial charge in [0.25, 0.3) is 0 Å². The predicted molar refractivity (Wildman–Crippen MR) is 60.1 cm³/mol. The number of hydrogen-bond donors (Lipinski definition) is 1. The summed E-state index contributed by atoms with van der Waals surface area (Å²) in [5, 5.41) is 0. The fourth-order valence-corrected chi connectivity index (χ4v) is 2.38. The Labute approximate surface area is 86.3 Å². The molecule has 0 aliphatic heterocycles. The van der Waals surface area contributed by atoms with Gasteiger partial charge in [0.15, 0.2) is 0 Å². The average molecular weight is 189 g/mol. The molecule has 1 aliphatic rings. The molecule has 2 N–H and O–H groups in total. The van der Waals surface area contributed by atoms with Crippen LogP contribution in [0.15, 0.2) is 24.3 Å². The molecule has 0 spiro atoms. The molecule has 76 valence electrons. The highest BCUT2D eigenvalue weighted by atomic mass is 14.7. The lowest BCUT2D eigenvalue weighted by molar-refractivity contribution is 0.445. The minimum atomic E-state index is 0.262. The number of nitrogens with two attached hydrogens (primary N) is 1. The van der Waals surface area contributed by atoms with Crippen LogP contribution in [0.5, 0.6) is 0 Å². The molecule has 14 heavy (non-hydrogen) atoms. The van der Waals surface area contributed by atoms with Crippen molar-refractivity contribution >= 4 is 0 Å². The van der Waals surface area contributed by atoms with E-state index in [0.29, 0.717) is 0 Å². The van der Waals surface area contributed by atoms with E-state index >= 15 is 0 Å². The highest BCUT2D eigenvalue weighted by Crippen LogP contribution is 2.33. The molecule has 1 saturated carbocycles. The Morgan fingerprint density at radius 3 is 2.29 bits per heavy atom. The van der Waals surface area contributed by atoms with Crippen LogP contribution in [0.1, 0.15) is 42.9 Å². The molecule has 0 bridgehead atoms. The molecule has 1 unspecified atom stereocenters. The van der Waals surface area contributed by atoms with Crippen LogP contribution in [0.2, 0.25) is 0 Å². The molecule has 0 radical (unpaired) electrons. The molecule has 1 aromatic carbocycles. The van der Waals surface area contributed by atoms with Crippen LogP contribution in [0, 0.1) is 12.8 Å². The highest BCUT2D eigenvalue weighted by Gasteiger charge is 2.22. The molecular weight excluding hydrogens is 170 g/mol. The van der Waals surface area contributed by atoms with E-state index in [2.05, 4.69) is 31.2 Å². The van der Waals surface area contributed by atoms with Crippen molar-refractivity contribution in [3.05, 3.63) is 35.4 Å². The largest absolute Gasteiger partial charge is 0.324 e. The molecule has 1 nitrogen and oxygen atoms in total. The van der Waals surface area contributed by atoms with Crippen LogP contribution in [0.3, 0.4) is 0 Å². The maximum Gasteiger partial charge on any atom is 0.0323 e. The standard InChI is InChI=1S/C13H19N/c1-10-6-8-12(9-7-10)13(14)11-4-2-3-5-11/h6-9,11,13H,2-5,14H2,1H3. The summed E-state index contributed by atoms with van der Waals surface area (Å²) in [5.74, 6) is 0.720. The Kier molecular flexibility index (Phi) is 2.87. The second-order valence-corrected chi connectivity index (χ2v) is 4.48. The van der Waals surface area contributed by atoms with Gasteiger partial charge in [-0.25, -0.2) is 0 Å². The van der Waals surface area contributed by atoms with E-state index in [1.807, 2.05) is 0 Å². The molecule has 1 aliphatic carbocycles. The zero-order valence-electron chi connectivity index (χ0n) is 8.87. The van der Waals surface area contributed by atoms with Gasteiger partial charge >= 0.3 is 0 Å². The third-order valence-corrected chi connectivity index (χ3v) is 3.37. The van der Waals surface area contributed by atoms with Gasteiger partial charge in [0.05, 0.1) is 0 Å². The van der Waals surface area contributed by atoms with Crippen molar-refractivity contribution < 1.29 is 0 Å². The van der Waals surface area contributed by atoms with Crippen LogP contribution in [-0.4, -0.2) is 0 Å². The first kappa shape index (κ1) is 9.72. The maximum atomic E-state index is 6.25. The van der Waals surface area contributed by atoms with E-state index in [4.69, 9.17) is 5.73 Å². The molecule has 1 aromatic rings. The van der Waals surface area contributed by atoms with Gasteiger partial charge in [0, 0.05) is 6.04 Å². The van der Waals surface area contributed by atoms with Crippen LogP contribution in [0.4, 0.5) is 0 Å². The minimum Gasteiger partial charge on any atom is -0.324 e. The maximum absolute atomic E-state index is 6.25. The van der Waals surface area contributed by atoms with Crippen LogP contribution < -0.4 is 5.73 Å². The van der Waals surface area contributed by atoms with E-state index in [0.717, 1.165) is 5.92 Å². The molecule has 1 heteroatoms. The Morgan fingerprint density at radius 2 is 1.71 bits per heavy atom. The van der Waals surface area contributed by atoms with Crippen molar-refractivity contribution in [3.8, 4) is 0 Å². The normalized spacial score (nSPS) is 19.9. The summed E-state index contributed by atoms with van der Waals surface area (Å²) in [5.41, 5.74) is 8.87. The lowest BCUT2D eigenvalue weighted by atomic mass is 9.92. The first-order valence-corrected chi connectivity index (χ1v) is 5.59. The number of hydrogen-bond acceptors (Lipinski definition) is 1. The zero-order chi connectivity index (χ0) is 9.97. The fraction of sp³-hybridized carbons (Fsp3) is 0.538. The van der Waals surface area contributed by atoms with Gasteiger partial charge in [-0.2, -0.15) is 0 Å². The van der Waals surface area contributed by atoms with Crippen LogP contribution in [0.25, 0.3) is 0 Å². The summed E-state index contributed by atoms with van der Waals surface area (Å²) >= 11 is 0. The van der Waals surface area contributed by atoms with Gasteiger partial charge in [0.1, 0.15) is 0 Å². The van der Waals surface area contributed by atoms with E-state index < -0.39 is 0 Å². The van der Waals surface area contributed by atoms with Crippen molar-refractivity contribution in [2.24, 2.45) is 11.7 Å². The molecule has 1 fully saturated rings. The van der Waals surface area contributed by atoms with Gasteiger partial charge in [0.2, 0.25) is 0 Å². The lowest BCUT2D eigenvalue weighted by Gasteiger charge is -2.19. The van der Waals surface area contributed by atoms with Crippen molar-refractivity contribution in [1.29, 1.82) is 0 Å². The van der Waals surface area contributed by atoms with E-state index in [9.17, 15) is 0 Å². The number of benzene rings is 1. The van der Waals surface area contributed by atoms with Crippen LogP contribution in [-0.2, 0) is 0 Å². The zero-order valence-corrected chi connectivity index (χ0v) is 8.87. The van der Waals surface area contributed by atoms with Gasteiger partial charge in [-0.3, -0.25) is 0 Å². The molecule has 0 saturated heterocycles. The first-order valence-electron chi connectivity index (χ1n) is 5.59. The second-order valence-electron chi connectivity index (χ2n) is 4.48. The molecule has 0 aromatic heterocycles. The minimum absolute atomic E-state index is 0.262. The van der Waals surface area contributed by atoms with Gasteiger partial charge < -0.3 is 5.73 Å². The van der Waals surface area contributed by atoms with Crippen molar-refractivity contribution in [2.45, 2.75) is 38.6 Å². The van der Waals surface area contributed by atoms with Crippen LogP contribution >= 0.6 is 0 Å². The van der Waals surface area contributed by atoms with E-state index in [-0.39, 0.29) is 6.04 Å². The molecule has 1 atom stereocenters. The predicted octanol–water partition coefficient (Wildman–Crippen LogP) is 3.19. The summed E-state index contributed by atoms with van der Waals surface area (Å²) in [6, 6.07) is 8.93. The van der Waals surface area contributed by atoms with Gasteiger partial charge in [-0.15, -0.1) is 0 Å². The third-order valence-electron chi connectivity index (χ3n) is 3.37. The van der Waals surface area contributed by atoms with Gasteiger partial charge in [-0.05, 0) is 31.2 Å². The Hall–Kier alpha value is -0.820. The molecule has 0 heterocycles. The molecule has 2 rings (SSSR count). The van der Waals surface area contributed by atoms with Crippen molar-refractivity contribution in [3.63, 3.8) is 0 Å². The first-order chi connectivity index (χ1) is 6.77. The summed E-state index contributed by atoms with van der Waals surface area (Å²) in [6.07, 6.45) is 5.36. The lowest BCUT2D eigenvalue weighted by Crippen LogP contribution is -2.18. The Bertz CT molecular complexity index is 283. The third kappa shape index (κ3) is 1.98. The number of rotatable bonds is 2. The fourth-order valence-electron chi connectivity index (χ4n) is 2.38. The topological polar surface area (TPSA) is 26.0 Å². The smallest absolute Gasteiger partial charge is 0.0323 e. The van der Waals surface area contributed by atoms with E-state index in [1.165, 1.54) is 36.8 Å². The van der Waals surface area contributed by atoms with E-state index in [1.54, 1.807) is 0 Å². The summed E-state index contributed by atoms with van der Waals surface area (Å²) < 4.78 is 0. The van der Waals surface area contributed by atoms with Crippen molar-refractivity contribution in [2.75, 3.05) is 0 Å². The molecular formula is C13H19N. The van der Waals surface area contributed by atoms with Crippen molar-refractivity contribution in [1.82, 2.24) is 0 Å². The number of aryl methyl sites for hydroxylation is 1. The Balaban J connectivity index is 2.09. The summed E-state index contributed by atoms with van der Waals surface area (Å²) in [7, 11) is 0. The summed E-state index contributed by atoms with van der Waals surface area (Å²) in [4.78, 5) is 0. The monoisotopic (exact) mass is 189 g/mol. The van der Waals surface area contributed by atoms with Gasteiger partial charge in [-0.1, -0.05) is 42.7 Å². The Morgan fingerprint density at radius 1 is 1.14 bits per heavy atom. The second kappa shape index (κ2) is 4.14. The molecule has 0 amide bonds. The summed E-state index contributed by atoms with van der Waals surface area (Å²) in [6.45, 7) is 2.12. The quantitative estimate of drug-likeness (QED) is 0.759. The highest BCUT2D eigenvalue weighted by molar-refractivity contribution is 5.24. The average Bonchev–Trinajstić information content (AvgIpc) is 2.71. The SMILES string of the molecule is Cc1ccc(C(N)C2CCCC2)cc1.